The van der Waals surface area contributed by atoms with E-state index < -0.39 is 0 Å². The molecule has 0 bridgehead atoms. The summed E-state index contributed by atoms with van der Waals surface area (Å²) in [6.07, 6.45) is 3.01. The first-order chi connectivity index (χ1) is 7.18. The van der Waals surface area contributed by atoms with Gasteiger partial charge in [0, 0.05) is 24.5 Å². The van der Waals surface area contributed by atoms with Gasteiger partial charge in [-0.05, 0) is 19.1 Å². The van der Waals surface area contributed by atoms with Gasteiger partial charge in [-0.25, -0.2) is 4.68 Å². The third-order valence-electron chi connectivity index (χ3n) is 2.12. The number of ketones is 1. The van der Waals surface area contributed by atoms with Crippen LogP contribution in [0.25, 0.3) is 0 Å². The summed E-state index contributed by atoms with van der Waals surface area (Å²) in [5.74, 6) is -0.116. The summed E-state index contributed by atoms with van der Waals surface area (Å²) in [5.41, 5.74) is 1.89. The van der Waals surface area contributed by atoms with Gasteiger partial charge in [0.25, 0.3) is 0 Å². The average Bonchev–Trinajstić information content (AvgIpc) is 2.65. The quantitative estimate of drug-likeness (QED) is 0.674. The van der Waals surface area contributed by atoms with Crippen molar-refractivity contribution in [1.29, 1.82) is 0 Å². The molecule has 2 heterocycles. The SMILES string of the molecule is Cc1ccc(C(=O)c2cnnn2C)cn1. The molecular weight excluding hydrogens is 192 g/mol. The molecule has 0 aliphatic heterocycles. The maximum absolute atomic E-state index is 11.9. The second-order valence-corrected chi connectivity index (χ2v) is 3.26. The lowest BCUT2D eigenvalue weighted by molar-refractivity contribution is 0.103. The van der Waals surface area contributed by atoms with Crippen LogP contribution >= 0.6 is 0 Å². The number of aryl methyl sites for hydroxylation is 2. The van der Waals surface area contributed by atoms with E-state index in [-0.39, 0.29) is 5.78 Å². The van der Waals surface area contributed by atoms with E-state index in [0.29, 0.717) is 11.3 Å². The Bertz CT molecular complexity index is 486. The summed E-state index contributed by atoms with van der Waals surface area (Å²) in [6, 6.07) is 3.55. The number of rotatable bonds is 2. The molecule has 76 valence electrons. The zero-order valence-electron chi connectivity index (χ0n) is 8.51. The standard InChI is InChI=1S/C10H10N4O/c1-7-3-4-8(5-11-7)10(15)9-6-12-13-14(9)2/h3-6H,1-2H3. The van der Waals surface area contributed by atoms with Gasteiger partial charge < -0.3 is 0 Å². The largest absolute Gasteiger partial charge is 0.287 e. The molecule has 0 saturated heterocycles. The van der Waals surface area contributed by atoms with E-state index in [4.69, 9.17) is 0 Å². The molecule has 0 radical (unpaired) electrons. The van der Waals surface area contributed by atoms with Gasteiger partial charge >= 0.3 is 0 Å². The summed E-state index contributed by atoms with van der Waals surface area (Å²) < 4.78 is 1.45. The number of carbonyl (C=O) groups excluding carboxylic acids is 1. The smallest absolute Gasteiger partial charge is 0.214 e. The molecule has 0 amide bonds. The molecule has 2 aromatic rings. The van der Waals surface area contributed by atoms with Crippen LogP contribution in [0, 0.1) is 6.92 Å². The Balaban J connectivity index is 2.37. The topological polar surface area (TPSA) is 60.7 Å². The molecule has 5 nitrogen and oxygen atoms in total. The molecule has 5 heteroatoms. The van der Waals surface area contributed by atoms with Crippen molar-refractivity contribution < 1.29 is 4.79 Å². The molecule has 15 heavy (non-hydrogen) atoms. The highest BCUT2D eigenvalue weighted by atomic mass is 16.1. The minimum absolute atomic E-state index is 0.116. The summed E-state index contributed by atoms with van der Waals surface area (Å²) in [5, 5.41) is 7.36. The molecule has 2 rings (SSSR count). The Morgan fingerprint density at radius 1 is 1.33 bits per heavy atom. The van der Waals surface area contributed by atoms with Gasteiger partial charge in [-0.1, -0.05) is 5.21 Å². The van der Waals surface area contributed by atoms with Crippen molar-refractivity contribution in [2.75, 3.05) is 0 Å². The highest BCUT2D eigenvalue weighted by Crippen LogP contribution is 2.06. The van der Waals surface area contributed by atoms with Crippen LogP contribution in [0.15, 0.2) is 24.5 Å². The summed E-state index contributed by atoms with van der Waals surface area (Å²) >= 11 is 0. The monoisotopic (exact) mass is 202 g/mol. The summed E-state index contributed by atoms with van der Waals surface area (Å²) in [6.45, 7) is 1.87. The fraction of sp³-hybridized carbons (Fsp3) is 0.200. The minimum atomic E-state index is -0.116. The van der Waals surface area contributed by atoms with E-state index >= 15 is 0 Å². The lowest BCUT2D eigenvalue weighted by Crippen LogP contribution is -2.08. The summed E-state index contributed by atoms with van der Waals surface area (Å²) in [7, 11) is 1.68. The molecule has 0 aliphatic carbocycles. The van der Waals surface area contributed by atoms with Gasteiger partial charge in [-0.15, -0.1) is 5.10 Å². The molecule has 0 spiro atoms. The van der Waals surface area contributed by atoms with Gasteiger partial charge in [0.15, 0.2) is 0 Å². The van der Waals surface area contributed by atoms with E-state index in [0.717, 1.165) is 5.69 Å². The first-order valence-corrected chi connectivity index (χ1v) is 4.50. The maximum Gasteiger partial charge on any atom is 0.214 e. The second kappa shape index (κ2) is 3.61. The lowest BCUT2D eigenvalue weighted by Gasteiger charge is -1.99. The van der Waals surface area contributed by atoms with Crippen molar-refractivity contribution in [2.45, 2.75) is 6.92 Å². The fourth-order valence-corrected chi connectivity index (χ4v) is 1.25. The predicted molar refractivity (Wildman–Crippen MR) is 53.4 cm³/mol. The molecule has 0 atom stereocenters. The Hall–Kier alpha value is -2.04. The van der Waals surface area contributed by atoms with Crippen LogP contribution in [0.3, 0.4) is 0 Å². The molecule has 0 aromatic carbocycles. The predicted octanol–water partition coefficient (Wildman–Crippen LogP) is 0.750. The number of hydrogen-bond acceptors (Lipinski definition) is 4. The number of aromatic nitrogens is 4. The van der Waals surface area contributed by atoms with E-state index in [1.807, 2.05) is 6.92 Å². The van der Waals surface area contributed by atoms with Crippen LogP contribution in [-0.4, -0.2) is 25.8 Å². The van der Waals surface area contributed by atoms with Crippen molar-refractivity contribution in [2.24, 2.45) is 7.05 Å². The van der Waals surface area contributed by atoms with Crippen LogP contribution in [0.2, 0.25) is 0 Å². The van der Waals surface area contributed by atoms with Crippen LogP contribution < -0.4 is 0 Å². The molecule has 2 aromatic heterocycles. The van der Waals surface area contributed by atoms with Gasteiger partial charge in [0.1, 0.15) is 5.69 Å². The Morgan fingerprint density at radius 3 is 2.67 bits per heavy atom. The van der Waals surface area contributed by atoms with Crippen molar-refractivity contribution >= 4 is 5.78 Å². The zero-order valence-corrected chi connectivity index (χ0v) is 8.51. The van der Waals surface area contributed by atoms with Crippen molar-refractivity contribution in [1.82, 2.24) is 20.0 Å². The van der Waals surface area contributed by atoms with Crippen LogP contribution in [0.5, 0.6) is 0 Å². The van der Waals surface area contributed by atoms with Gasteiger partial charge in [0.05, 0.1) is 6.20 Å². The number of hydrogen-bond donors (Lipinski definition) is 0. The van der Waals surface area contributed by atoms with Crippen molar-refractivity contribution in [3.05, 3.63) is 41.5 Å². The molecule has 0 saturated carbocycles. The van der Waals surface area contributed by atoms with E-state index in [1.54, 1.807) is 25.4 Å². The summed E-state index contributed by atoms with van der Waals surface area (Å²) in [4.78, 5) is 16.0. The van der Waals surface area contributed by atoms with Crippen LogP contribution in [-0.2, 0) is 7.05 Å². The lowest BCUT2D eigenvalue weighted by atomic mass is 10.1. The van der Waals surface area contributed by atoms with Crippen molar-refractivity contribution in [3.8, 4) is 0 Å². The number of nitrogens with zero attached hydrogens (tertiary/aromatic N) is 4. The Morgan fingerprint density at radius 2 is 2.13 bits per heavy atom. The molecule has 0 fully saturated rings. The number of pyridine rings is 1. The van der Waals surface area contributed by atoms with Crippen LogP contribution in [0.1, 0.15) is 21.7 Å². The minimum Gasteiger partial charge on any atom is -0.287 e. The van der Waals surface area contributed by atoms with Gasteiger partial charge in [0.2, 0.25) is 5.78 Å². The third kappa shape index (κ3) is 1.76. The highest BCUT2D eigenvalue weighted by Gasteiger charge is 2.13. The first-order valence-electron chi connectivity index (χ1n) is 4.50. The van der Waals surface area contributed by atoms with Crippen LogP contribution in [0.4, 0.5) is 0 Å². The Kier molecular flexibility index (Phi) is 2.29. The van der Waals surface area contributed by atoms with E-state index in [2.05, 4.69) is 15.3 Å². The highest BCUT2D eigenvalue weighted by molar-refractivity contribution is 6.07. The maximum atomic E-state index is 11.9. The normalized spacial score (nSPS) is 10.3. The Labute approximate surface area is 86.8 Å². The molecule has 0 unspecified atom stereocenters. The fourth-order valence-electron chi connectivity index (χ4n) is 1.25. The molecular formula is C10H10N4O. The first kappa shape index (κ1) is 9.51. The van der Waals surface area contributed by atoms with Gasteiger partial charge in [-0.2, -0.15) is 0 Å². The van der Waals surface area contributed by atoms with E-state index in [9.17, 15) is 4.79 Å². The molecule has 0 N–H and O–H groups in total. The van der Waals surface area contributed by atoms with E-state index in [1.165, 1.54) is 10.9 Å². The second-order valence-electron chi connectivity index (χ2n) is 3.26. The van der Waals surface area contributed by atoms with Crippen molar-refractivity contribution in [3.63, 3.8) is 0 Å². The average molecular weight is 202 g/mol. The number of carbonyl (C=O) groups is 1. The third-order valence-corrected chi connectivity index (χ3v) is 2.12. The van der Waals surface area contributed by atoms with Gasteiger partial charge in [-0.3, -0.25) is 9.78 Å². The zero-order chi connectivity index (χ0) is 10.8. The molecule has 0 aliphatic rings.